The van der Waals surface area contributed by atoms with Crippen molar-refractivity contribution >= 4 is 5.69 Å². The molecule has 1 N–H and O–H groups in total. The maximum atomic E-state index is 3.75. The summed E-state index contributed by atoms with van der Waals surface area (Å²) in [5, 5.41) is 3.75. The zero-order chi connectivity index (χ0) is 13.3. The SMILES string of the molecule is CCC1(Cc2ccc3c(c2)CCCN3C)CCCN1. The highest BCUT2D eigenvalue weighted by Gasteiger charge is 2.31. The van der Waals surface area contributed by atoms with Crippen molar-refractivity contribution < 1.29 is 0 Å². The van der Waals surface area contributed by atoms with Crippen molar-refractivity contribution in [2.24, 2.45) is 0 Å². The smallest absolute Gasteiger partial charge is 0.0396 e. The number of hydrogen-bond acceptors (Lipinski definition) is 2. The minimum absolute atomic E-state index is 0.370. The van der Waals surface area contributed by atoms with E-state index in [2.05, 4.69) is 42.4 Å². The van der Waals surface area contributed by atoms with E-state index in [4.69, 9.17) is 0 Å². The molecule has 2 aliphatic rings. The topological polar surface area (TPSA) is 15.3 Å². The van der Waals surface area contributed by atoms with Crippen LogP contribution in [0.25, 0.3) is 0 Å². The van der Waals surface area contributed by atoms with Gasteiger partial charge in [0.25, 0.3) is 0 Å². The molecule has 1 fully saturated rings. The minimum Gasteiger partial charge on any atom is -0.374 e. The molecule has 19 heavy (non-hydrogen) atoms. The predicted molar refractivity (Wildman–Crippen MR) is 82.0 cm³/mol. The summed E-state index contributed by atoms with van der Waals surface area (Å²) in [7, 11) is 2.21. The standard InChI is InChI=1S/C17H26N2/c1-3-17(9-5-10-18-17)13-14-7-8-16-15(12-14)6-4-11-19(16)2/h7-8,12,18H,3-6,9-11,13H2,1-2H3. The first-order valence-electron chi connectivity index (χ1n) is 7.80. The van der Waals surface area contributed by atoms with Gasteiger partial charge < -0.3 is 10.2 Å². The highest BCUT2D eigenvalue weighted by Crippen LogP contribution is 2.31. The predicted octanol–water partition coefficient (Wildman–Crippen LogP) is 3.14. The van der Waals surface area contributed by atoms with Gasteiger partial charge in [-0.25, -0.2) is 0 Å². The van der Waals surface area contributed by atoms with E-state index in [1.54, 1.807) is 5.56 Å². The summed E-state index contributed by atoms with van der Waals surface area (Å²) in [6.07, 6.45) is 7.65. The molecule has 3 rings (SSSR count). The second kappa shape index (κ2) is 5.16. The third kappa shape index (κ3) is 2.51. The van der Waals surface area contributed by atoms with Gasteiger partial charge in [-0.3, -0.25) is 0 Å². The molecule has 1 saturated heterocycles. The molecule has 1 aromatic rings. The van der Waals surface area contributed by atoms with Gasteiger partial charge in [0.2, 0.25) is 0 Å². The Morgan fingerprint density at radius 3 is 2.95 bits per heavy atom. The van der Waals surface area contributed by atoms with E-state index in [1.807, 2.05) is 0 Å². The van der Waals surface area contributed by atoms with E-state index in [0.717, 1.165) is 0 Å². The van der Waals surface area contributed by atoms with Crippen LogP contribution in [0.5, 0.6) is 0 Å². The second-order valence-corrected chi connectivity index (χ2v) is 6.33. The highest BCUT2D eigenvalue weighted by molar-refractivity contribution is 5.56. The molecular weight excluding hydrogens is 232 g/mol. The van der Waals surface area contributed by atoms with Gasteiger partial charge in [0.05, 0.1) is 0 Å². The molecular formula is C17H26N2. The summed E-state index contributed by atoms with van der Waals surface area (Å²) >= 11 is 0. The number of nitrogens with one attached hydrogen (secondary N) is 1. The van der Waals surface area contributed by atoms with E-state index in [-0.39, 0.29) is 0 Å². The van der Waals surface area contributed by atoms with Crippen molar-refractivity contribution in [1.82, 2.24) is 5.32 Å². The molecule has 0 aromatic heterocycles. The Balaban J connectivity index is 1.82. The van der Waals surface area contributed by atoms with Crippen LogP contribution < -0.4 is 10.2 Å². The van der Waals surface area contributed by atoms with Crippen molar-refractivity contribution in [3.8, 4) is 0 Å². The largest absolute Gasteiger partial charge is 0.374 e. The summed E-state index contributed by atoms with van der Waals surface area (Å²) in [6, 6.07) is 7.14. The summed E-state index contributed by atoms with van der Waals surface area (Å²) < 4.78 is 0. The van der Waals surface area contributed by atoms with Crippen LogP contribution in [0.3, 0.4) is 0 Å². The Morgan fingerprint density at radius 2 is 2.21 bits per heavy atom. The summed E-state index contributed by atoms with van der Waals surface area (Å²) in [5.74, 6) is 0. The lowest BCUT2D eigenvalue weighted by molar-refractivity contribution is 0.360. The van der Waals surface area contributed by atoms with E-state index in [0.29, 0.717) is 5.54 Å². The van der Waals surface area contributed by atoms with Crippen molar-refractivity contribution in [3.05, 3.63) is 29.3 Å². The molecule has 0 amide bonds. The average Bonchev–Trinajstić information content (AvgIpc) is 2.88. The molecule has 1 aromatic carbocycles. The molecule has 2 nitrogen and oxygen atoms in total. The van der Waals surface area contributed by atoms with Crippen molar-refractivity contribution in [1.29, 1.82) is 0 Å². The number of benzene rings is 1. The van der Waals surface area contributed by atoms with Crippen LogP contribution in [0, 0.1) is 0 Å². The number of rotatable bonds is 3. The van der Waals surface area contributed by atoms with Gasteiger partial charge in [0.15, 0.2) is 0 Å². The first kappa shape index (κ1) is 13.0. The van der Waals surface area contributed by atoms with Crippen LogP contribution in [0.2, 0.25) is 0 Å². The zero-order valence-electron chi connectivity index (χ0n) is 12.3. The van der Waals surface area contributed by atoms with Gasteiger partial charge >= 0.3 is 0 Å². The molecule has 0 saturated carbocycles. The third-order valence-corrected chi connectivity index (χ3v) is 5.05. The Hall–Kier alpha value is -1.02. The summed E-state index contributed by atoms with van der Waals surface area (Å²) in [6.45, 7) is 4.72. The molecule has 2 aliphatic heterocycles. The van der Waals surface area contributed by atoms with E-state index in [1.165, 1.54) is 62.9 Å². The van der Waals surface area contributed by atoms with Gasteiger partial charge in [0, 0.05) is 24.8 Å². The lowest BCUT2D eigenvalue weighted by Gasteiger charge is -2.31. The molecule has 0 aliphatic carbocycles. The van der Waals surface area contributed by atoms with Crippen LogP contribution in [0.1, 0.15) is 43.7 Å². The van der Waals surface area contributed by atoms with Crippen molar-refractivity contribution in [2.45, 2.75) is 51.0 Å². The Bertz CT molecular complexity index is 447. The number of fused-ring (bicyclic) bond motifs is 1. The quantitative estimate of drug-likeness (QED) is 0.896. The van der Waals surface area contributed by atoms with Crippen LogP contribution in [0.4, 0.5) is 5.69 Å². The lowest BCUT2D eigenvalue weighted by Crippen LogP contribution is -2.41. The maximum absolute atomic E-state index is 3.75. The molecule has 1 unspecified atom stereocenters. The van der Waals surface area contributed by atoms with Gasteiger partial charge in [-0.1, -0.05) is 19.1 Å². The van der Waals surface area contributed by atoms with E-state index in [9.17, 15) is 0 Å². The molecule has 1 atom stereocenters. The monoisotopic (exact) mass is 258 g/mol. The minimum atomic E-state index is 0.370. The van der Waals surface area contributed by atoms with Gasteiger partial charge in [0.1, 0.15) is 0 Å². The molecule has 104 valence electrons. The van der Waals surface area contributed by atoms with Crippen LogP contribution in [-0.2, 0) is 12.8 Å². The number of aryl methyl sites for hydroxylation is 1. The van der Waals surface area contributed by atoms with E-state index < -0.39 is 0 Å². The number of nitrogens with zero attached hydrogens (tertiary/aromatic N) is 1. The molecule has 2 heteroatoms. The Labute approximate surface area is 117 Å². The van der Waals surface area contributed by atoms with Gasteiger partial charge in [-0.2, -0.15) is 0 Å². The van der Waals surface area contributed by atoms with Gasteiger partial charge in [-0.05, 0) is 62.3 Å². The van der Waals surface area contributed by atoms with Crippen LogP contribution >= 0.6 is 0 Å². The normalized spacial score (nSPS) is 26.5. The fourth-order valence-corrected chi connectivity index (χ4v) is 3.79. The summed E-state index contributed by atoms with van der Waals surface area (Å²) in [4.78, 5) is 2.39. The van der Waals surface area contributed by atoms with Gasteiger partial charge in [-0.15, -0.1) is 0 Å². The molecule has 0 radical (unpaired) electrons. The van der Waals surface area contributed by atoms with Crippen LogP contribution in [-0.4, -0.2) is 25.7 Å². The fourth-order valence-electron chi connectivity index (χ4n) is 3.79. The van der Waals surface area contributed by atoms with Crippen molar-refractivity contribution in [3.63, 3.8) is 0 Å². The highest BCUT2D eigenvalue weighted by atomic mass is 15.1. The summed E-state index contributed by atoms with van der Waals surface area (Å²) in [5.41, 5.74) is 4.88. The molecule has 2 heterocycles. The molecule has 0 bridgehead atoms. The maximum Gasteiger partial charge on any atom is 0.0396 e. The lowest BCUT2D eigenvalue weighted by atomic mass is 9.85. The first-order chi connectivity index (χ1) is 9.22. The fraction of sp³-hybridized carbons (Fsp3) is 0.647. The second-order valence-electron chi connectivity index (χ2n) is 6.33. The average molecular weight is 258 g/mol. The Kier molecular flexibility index (Phi) is 3.53. The Morgan fingerprint density at radius 1 is 1.32 bits per heavy atom. The number of anilines is 1. The zero-order valence-corrected chi connectivity index (χ0v) is 12.3. The molecule has 0 spiro atoms. The number of hydrogen-bond donors (Lipinski definition) is 1. The van der Waals surface area contributed by atoms with E-state index >= 15 is 0 Å². The van der Waals surface area contributed by atoms with Crippen molar-refractivity contribution in [2.75, 3.05) is 25.0 Å². The first-order valence-corrected chi connectivity index (χ1v) is 7.80. The van der Waals surface area contributed by atoms with Crippen LogP contribution in [0.15, 0.2) is 18.2 Å². The third-order valence-electron chi connectivity index (χ3n) is 5.05.